The highest BCUT2D eigenvalue weighted by atomic mass is 16.5. The van der Waals surface area contributed by atoms with Gasteiger partial charge < -0.3 is 10.1 Å². The molecule has 1 saturated carbocycles. The van der Waals surface area contributed by atoms with Crippen molar-refractivity contribution in [2.75, 3.05) is 19.6 Å². The predicted molar refractivity (Wildman–Crippen MR) is 120 cm³/mol. The molecule has 5 rings (SSSR count). The highest BCUT2D eigenvalue weighted by Crippen LogP contribution is 2.26. The van der Waals surface area contributed by atoms with E-state index in [0.717, 1.165) is 66.2 Å². The number of hydrogen-bond donors (Lipinski definition) is 1. The van der Waals surface area contributed by atoms with Crippen molar-refractivity contribution >= 4 is 17.7 Å². The number of hydrogen-bond acceptors (Lipinski definition) is 3. The smallest absolute Gasteiger partial charge is 0.349 e. The fraction of sp³-hybridized carbons (Fsp3) is 0.400. The molecule has 2 aliphatic heterocycles. The first-order valence-corrected chi connectivity index (χ1v) is 11.0. The summed E-state index contributed by atoms with van der Waals surface area (Å²) in [5, 5.41) is 3.06. The number of likely N-dealkylation sites (tertiary alicyclic amines) is 1. The van der Waals surface area contributed by atoms with E-state index >= 15 is 0 Å². The molecular weight excluding hydrogens is 374 g/mol. The van der Waals surface area contributed by atoms with Crippen molar-refractivity contribution in [2.45, 2.75) is 45.1 Å². The SMILES string of the molecule is Cc1ccc(C(=O)NC2CC2)cc1-c1ccc(C2=[N+]=C(CN3CCCCC3)O2)cc1. The number of benzene rings is 2. The van der Waals surface area contributed by atoms with E-state index in [0.29, 0.717) is 11.9 Å². The molecule has 2 heterocycles. The minimum absolute atomic E-state index is 0.0179. The summed E-state index contributed by atoms with van der Waals surface area (Å²) in [5.41, 5.74) is 5.03. The van der Waals surface area contributed by atoms with Gasteiger partial charge in [0.25, 0.3) is 5.91 Å². The lowest BCUT2D eigenvalue weighted by atomic mass is 9.97. The van der Waals surface area contributed by atoms with E-state index in [9.17, 15) is 4.79 Å². The average Bonchev–Trinajstić information content (AvgIpc) is 3.56. The largest absolute Gasteiger partial charge is 0.509 e. The Balaban J connectivity index is 1.30. The van der Waals surface area contributed by atoms with E-state index in [4.69, 9.17) is 4.74 Å². The molecule has 3 aliphatic rings. The minimum Gasteiger partial charge on any atom is -0.349 e. The molecule has 0 radical (unpaired) electrons. The lowest BCUT2D eigenvalue weighted by molar-refractivity contribution is 0.0951. The number of carbonyl (C=O) groups is 1. The number of aryl methyl sites for hydroxylation is 1. The summed E-state index contributed by atoms with van der Waals surface area (Å²) in [7, 11) is 0. The van der Waals surface area contributed by atoms with Gasteiger partial charge in [0.1, 0.15) is 12.1 Å². The molecule has 0 bridgehead atoms. The van der Waals surface area contributed by atoms with Gasteiger partial charge in [0.05, 0.1) is 0 Å². The highest BCUT2D eigenvalue weighted by molar-refractivity contribution is 6.09. The van der Waals surface area contributed by atoms with Crippen LogP contribution in [0, 0.1) is 6.92 Å². The van der Waals surface area contributed by atoms with Gasteiger partial charge in [0.15, 0.2) is 0 Å². The fourth-order valence-electron chi connectivity index (χ4n) is 4.09. The van der Waals surface area contributed by atoms with Crippen LogP contribution in [0.5, 0.6) is 0 Å². The Morgan fingerprint density at radius 2 is 1.77 bits per heavy atom. The number of piperidine rings is 1. The van der Waals surface area contributed by atoms with Crippen molar-refractivity contribution in [3.8, 4) is 11.1 Å². The van der Waals surface area contributed by atoms with Crippen LogP contribution in [-0.2, 0) is 4.74 Å². The third-order valence-electron chi connectivity index (χ3n) is 6.10. The van der Waals surface area contributed by atoms with E-state index < -0.39 is 0 Å². The van der Waals surface area contributed by atoms with E-state index in [1.165, 1.54) is 19.3 Å². The van der Waals surface area contributed by atoms with Crippen molar-refractivity contribution in [3.63, 3.8) is 0 Å². The van der Waals surface area contributed by atoms with Crippen molar-refractivity contribution in [3.05, 3.63) is 59.2 Å². The summed E-state index contributed by atoms with van der Waals surface area (Å²) in [6.07, 6.45) is 6.06. The number of ether oxygens (including phenoxy) is 1. The number of nitrogens with zero attached hydrogens (tertiary/aromatic N) is 2. The Labute approximate surface area is 177 Å². The molecule has 2 fully saturated rings. The third kappa shape index (κ3) is 4.18. The molecular formula is C25H28N3O2+. The summed E-state index contributed by atoms with van der Waals surface area (Å²) in [4.78, 5) is 14.8. The van der Waals surface area contributed by atoms with Gasteiger partial charge in [-0.1, -0.05) is 24.6 Å². The molecule has 5 nitrogen and oxygen atoms in total. The molecule has 0 atom stereocenters. The lowest BCUT2D eigenvalue weighted by Gasteiger charge is -2.24. The first-order valence-electron chi connectivity index (χ1n) is 11.0. The van der Waals surface area contributed by atoms with Gasteiger partial charge >= 0.3 is 11.8 Å². The average molecular weight is 403 g/mol. The second-order valence-corrected chi connectivity index (χ2v) is 8.60. The molecule has 154 valence electrons. The summed E-state index contributed by atoms with van der Waals surface area (Å²) < 4.78 is 10.5. The number of amides is 1. The second-order valence-electron chi connectivity index (χ2n) is 8.60. The van der Waals surface area contributed by atoms with Gasteiger partial charge in [-0.15, -0.1) is 0 Å². The standard InChI is InChI=1S/C25H27N3O2/c1-17-5-6-20(24(29)26-21-11-12-21)15-22(17)18-7-9-19(10-8-18)25-27-23(30-25)16-28-13-3-2-4-14-28/h5-10,15,21H,2-4,11-14,16H2,1H3/p+1. The van der Waals surface area contributed by atoms with E-state index in [1.54, 1.807) is 0 Å². The maximum atomic E-state index is 12.4. The van der Waals surface area contributed by atoms with Crippen molar-refractivity contribution in [1.82, 2.24) is 14.9 Å². The Bertz CT molecular complexity index is 1020. The number of nitrogens with one attached hydrogen (secondary N) is 1. The van der Waals surface area contributed by atoms with Crippen molar-refractivity contribution < 1.29 is 9.53 Å². The Hall–Kier alpha value is -2.88. The first kappa shape index (κ1) is 19.1. The van der Waals surface area contributed by atoms with Crippen LogP contribution in [0.1, 0.15) is 53.6 Å². The van der Waals surface area contributed by atoms with Crippen LogP contribution < -0.4 is 9.98 Å². The Morgan fingerprint density at radius 1 is 1.07 bits per heavy atom. The normalized spacial score (nSPS) is 18.7. The molecule has 2 aromatic carbocycles. The van der Waals surface area contributed by atoms with Crippen molar-refractivity contribution in [1.29, 1.82) is 0 Å². The lowest BCUT2D eigenvalue weighted by Crippen LogP contribution is -2.41. The van der Waals surface area contributed by atoms with Crippen LogP contribution >= 0.6 is 0 Å². The Kier molecular flexibility index (Phi) is 5.16. The van der Waals surface area contributed by atoms with Gasteiger partial charge in [-0.3, -0.25) is 9.69 Å². The van der Waals surface area contributed by atoms with Crippen LogP contribution in [-0.4, -0.2) is 48.3 Å². The Morgan fingerprint density at radius 3 is 2.47 bits per heavy atom. The zero-order valence-electron chi connectivity index (χ0n) is 17.5. The molecule has 0 spiro atoms. The maximum Gasteiger partial charge on any atom is 0.509 e. The second kappa shape index (κ2) is 8.10. The monoisotopic (exact) mass is 402 g/mol. The summed E-state index contributed by atoms with van der Waals surface area (Å²) in [6.45, 7) is 5.18. The van der Waals surface area contributed by atoms with Crippen LogP contribution in [0.4, 0.5) is 0 Å². The number of rotatable bonds is 6. The van der Waals surface area contributed by atoms with Crippen LogP contribution in [0.3, 0.4) is 0 Å². The van der Waals surface area contributed by atoms with Gasteiger partial charge in [-0.2, -0.15) is 0 Å². The minimum atomic E-state index is 0.0179. The molecule has 5 heteroatoms. The molecule has 0 unspecified atom stereocenters. The van der Waals surface area contributed by atoms with Gasteiger partial charge in [0.2, 0.25) is 0 Å². The third-order valence-corrected chi connectivity index (χ3v) is 6.10. The molecule has 1 N–H and O–H groups in total. The van der Waals surface area contributed by atoms with Crippen LogP contribution in [0.15, 0.2) is 42.5 Å². The van der Waals surface area contributed by atoms with E-state index in [2.05, 4.69) is 33.9 Å². The molecule has 30 heavy (non-hydrogen) atoms. The zero-order valence-corrected chi connectivity index (χ0v) is 17.5. The predicted octanol–water partition coefficient (Wildman–Crippen LogP) is 3.28. The van der Waals surface area contributed by atoms with Crippen molar-refractivity contribution in [2.24, 2.45) is 0 Å². The maximum absolute atomic E-state index is 12.4. The van der Waals surface area contributed by atoms with Crippen LogP contribution in [0.25, 0.3) is 11.1 Å². The summed E-state index contributed by atoms with van der Waals surface area (Å²) in [6, 6.07) is 14.5. The summed E-state index contributed by atoms with van der Waals surface area (Å²) in [5.74, 6) is 1.54. The first-order chi connectivity index (χ1) is 14.7. The highest BCUT2D eigenvalue weighted by Gasteiger charge is 2.35. The fourth-order valence-corrected chi connectivity index (χ4v) is 4.09. The quantitative estimate of drug-likeness (QED) is 0.755. The molecule has 1 saturated heterocycles. The van der Waals surface area contributed by atoms with Gasteiger partial charge in [0, 0.05) is 11.6 Å². The van der Waals surface area contributed by atoms with Gasteiger partial charge in [-0.05, 0) is 91.3 Å². The van der Waals surface area contributed by atoms with Gasteiger partial charge in [-0.25, -0.2) is 0 Å². The number of carbonyl (C=O) groups excluding carboxylic acids is 1. The molecule has 1 aliphatic carbocycles. The molecule has 0 aromatic heterocycles. The summed E-state index contributed by atoms with van der Waals surface area (Å²) >= 11 is 0. The zero-order chi connectivity index (χ0) is 20.5. The topological polar surface area (TPSA) is 55.7 Å². The molecule has 2 aromatic rings. The molecule has 1 amide bonds. The van der Waals surface area contributed by atoms with E-state index in [-0.39, 0.29) is 5.91 Å². The van der Waals surface area contributed by atoms with E-state index in [1.807, 2.05) is 30.3 Å². The van der Waals surface area contributed by atoms with Crippen LogP contribution in [0.2, 0.25) is 0 Å².